The molecule has 0 saturated carbocycles. The van der Waals surface area contributed by atoms with E-state index < -0.39 is 29.3 Å². The molecule has 1 N–H and O–H groups in total. The van der Waals surface area contributed by atoms with Crippen molar-refractivity contribution in [2.45, 2.75) is 12.8 Å². The molecule has 2 rings (SSSR count). The Labute approximate surface area is 145 Å². The topological polar surface area (TPSA) is 74.7 Å². The standard InChI is InChI=1S/C15H11F2NO4S2/c16-8-3-4-9(10(17)6-8)11(19)7-12-14(22)18(15(23)24-12)5-1-2-13(20)21/h3-4,6-7H,1-2,5H2,(H,20,21). The van der Waals surface area contributed by atoms with Crippen molar-refractivity contribution in [1.29, 1.82) is 0 Å². The highest BCUT2D eigenvalue weighted by molar-refractivity contribution is 8.26. The van der Waals surface area contributed by atoms with Gasteiger partial charge in [0, 0.05) is 25.1 Å². The fourth-order valence-electron chi connectivity index (χ4n) is 1.97. The van der Waals surface area contributed by atoms with E-state index in [9.17, 15) is 23.2 Å². The molecule has 0 unspecified atom stereocenters. The van der Waals surface area contributed by atoms with Crippen molar-refractivity contribution in [2.75, 3.05) is 6.54 Å². The van der Waals surface area contributed by atoms with Crippen LogP contribution in [0.25, 0.3) is 0 Å². The summed E-state index contributed by atoms with van der Waals surface area (Å²) in [5.74, 6) is -4.13. The van der Waals surface area contributed by atoms with E-state index in [4.69, 9.17) is 17.3 Å². The van der Waals surface area contributed by atoms with E-state index in [-0.39, 0.29) is 34.2 Å². The number of ketones is 1. The molecule has 126 valence electrons. The van der Waals surface area contributed by atoms with Crippen LogP contribution in [0.4, 0.5) is 8.78 Å². The first kappa shape index (κ1) is 18.2. The Bertz CT molecular complexity index is 764. The highest BCUT2D eigenvalue weighted by atomic mass is 32.2. The highest BCUT2D eigenvalue weighted by Crippen LogP contribution is 2.31. The molecule has 0 atom stereocenters. The smallest absolute Gasteiger partial charge is 0.303 e. The van der Waals surface area contributed by atoms with Gasteiger partial charge in [0.1, 0.15) is 16.0 Å². The SMILES string of the molecule is O=C(O)CCCN1C(=O)C(=CC(=O)c2ccc(F)cc2F)SC1=S. The molecule has 1 fully saturated rings. The van der Waals surface area contributed by atoms with Gasteiger partial charge in [0.2, 0.25) is 0 Å². The van der Waals surface area contributed by atoms with E-state index in [0.29, 0.717) is 6.07 Å². The Morgan fingerprint density at radius 2 is 2.04 bits per heavy atom. The van der Waals surface area contributed by atoms with Crippen molar-refractivity contribution >= 4 is 46.0 Å². The monoisotopic (exact) mass is 371 g/mol. The second kappa shape index (κ2) is 7.63. The number of amides is 1. The van der Waals surface area contributed by atoms with Crippen LogP contribution in [0.3, 0.4) is 0 Å². The molecule has 1 aromatic rings. The Balaban J connectivity index is 2.12. The van der Waals surface area contributed by atoms with Crippen molar-refractivity contribution in [2.24, 2.45) is 0 Å². The van der Waals surface area contributed by atoms with E-state index in [1.165, 1.54) is 4.90 Å². The van der Waals surface area contributed by atoms with Gasteiger partial charge < -0.3 is 5.11 Å². The number of allylic oxidation sites excluding steroid dienone is 1. The number of hydrogen-bond donors (Lipinski definition) is 1. The van der Waals surface area contributed by atoms with Gasteiger partial charge in [-0.25, -0.2) is 8.78 Å². The predicted octanol–water partition coefficient (Wildman–Crippen LogP) is 2.76. The minimum absolute atomic E-state index is 0.0176. The van der Waals surface area contributed by atoms with Crippen LogP contribution in [0.15, 0.2) is 29.2 Å². The van der Waals surface area contributed by atoms with Gasteiger partial charge >= 0.3 is 5.97 Å². The number of thiocarbonyl (C=S) groups is 1. The van der Waals surface area contributed by atoms with Gasteiger partial charge in [-0.15, -0.1) is 0 Å². The number of carboxylic acid groups (broad SMARTS) is 1. The lowest BCUT2D eigenvalue weighted by atomic mass is 10.1. The average molecular weight is 371 g/mol. The molecule has 1 aliphatic heterocycles. The first-order valence-electron chi connectivity index (χ1n) is 6.76. The lowest BCUT2D eigenvalue weighted by Crippen LogP contribution is -2.29. The number of carboxylic acids is 1. The summed E-state index contributed by atoms with van der Waals surface area (Å²) >= 11 is 5.91. The Kier molecular flexibility index (Phi) is 5.79. The number of thioether (sulfide) groups is 1. The number of carbonyl (C=O) groups is 3. The molecule has 1 aliphatic rings. The first-order valence-corrected chi connectivity index (χ1v) is 7.98. The molecule has 9 heteroatoms. The molecule has 1 aromatic carbocycles. The summed E-state index contributed by atoms with van der Waals surface area (Å²) < 4.78 is 26.7. The first-order chi connectivity index (χ1) is 11.3. The Hall–Kier alpha value is -2.13. The van der Waals surface area contributed by atoms with Crippen molar-refractivity contribution in [1.82, 2.24) is 4.90 Å². The van der Waals surface area contributed by atoms with Crippen molar-refractivity contribution in [3.8, 4) is 0 Å². The fraction of sp³-hybridized carbons (Fsp3) is 0.200. The van der Waals surface area contributed by atoms with Crippen LogP contribution in [0.1, 0.15) is 23.2 Å². The molecular weight excluding hydrogens is 360 g/mol. The number of aliphatic carboxylic acids is 1. The lowest BCUT2D eigenvalue weighted by Gasteiger charge is -2.13. The van der Waals surface area contributed by atoms with Crippen LogP contribution < -0.4 is 0 Å². The summed E-state index contributed by atoms with van der Waals surface area (Å²) in [5, 5.41) is 8.60. The van der Waals surface area contributed by atoms with Crippen LogP contribution in [0.5, 0.6) is 0 Å². The van der Waals surface area contributed by atoms with Gasteiger partial charge in [0.25, 0.3) is 5.91 Å². The minimum atomic E-state index is -1.02. The molecule has 1 saturated heterocycles. The average Bonchev–Trinajstić information content (AvgIpc) is 2.74. The van der Waals surface area contributed by atoms with Crippen molar-refractivity contribution < 1.29 is 28.3 Å². The zero-order valence-electron chi connectivity index (χ0n) is 12.1. The summed E-state index contributed by atoms with van der Waals surface area (Å²) in [5.41, 5.74) is -0.354. The molecule has 0 aromatic heterocycles. The van der Waals surface area contributed by atoms with E-state index in [0.717, 1.165) is 30.0 Å². The van der Waals surface area contributed by atoms with Crippen LogP contribution in [0.2, 0.25) is 0 Å². The second-order valence-corrected chi connectivity index (χ2v) is 6.49. The zero-order valence-corrected chi connectivity index (χ0v) is 13.8. The predicted molar refractivity (Wildman–Crippen MR) is 87.5 cm³/mol. The maximum Gasteiger partial charge on any atom is 0.303 e. The number of benzene rings is 1. The summed E-state index contributed by atoms with van der Waals surface area (Å²) in [7, 11) is 0. The summed E-state index contributed by atoms with van der Waals surface area (Å²) in [6.07, 6.45) is 1.05. The number of carbonyl (C=O) groups excluding carboxylic acids is 2. The van der Waals surface area contributed by atoms with E-state index in [1.807, 2.05) is 0 Å². The van der Waals surface area contributed by atoms with Gasteiger partial charge in [-0.1, -0.05) is 24.0 Å². The van der Waals surface area contributed by atoms with Crippen LogP contribution in [0, 0.1) is 11.6 Å². The Morgan fingerprint density at radius 1 is 1.33 bits per heavy atom. The highest BCUT2D eigenvalue weighted by Gasteiger charge is 2.32. The molecule has 0 aliphatic carbocycles. The number of nitrogens with zero attached hydrogens (tertiary/aromatic N) is 1. The van der Waals surface area contributed by atoms with Crippen LogP contribution >= 0.6 is 24.0 Å². The molecule has 0 spiro atoms. The molecule has 0 bridgehead atoms. The minimum Gasteiger partial charge on any atom is -0.481 e. The van der Waals surface area contributed by atoms with Crippen LogP contribution in [-0.2, 0) is 9.59 Å². The zero-order chi connectivity index (χ0) is 17.9. The molecule has 1 heterocycles. The molecule has 5 nitrogen and oxygen atoms in total. The molecule has 1 amide bonds. The molecular formula is C15H11F2NO4S2. The quantitative estimate of drug-likeness (QED) is 0.471. The number of rotatable bonds is 6. The van der Waals surface area contributed by atoms with Crippen LogP contribution in [-0.4, -0.2) is 38.5 Å². The van der Waals surface area contributed by atoms with E-state index in [2.05, 4.69) is 0 Å². The molecule has 0 radical (unpaired) electrons. The van der Waals surface area contributed by atoms with E-state index in [1.54, 1.807) is 0 Å². The lowest BCUT2D eigenvalue weighted by molar-refractivity contribution is -0.137. The van der Waals surface area contributed by atoms with Gasteiger partial charge in [-0.05, 0) is 18.6 Å². The maximum absolute atomic E-state index is 13.6. The van der Waals surface area contributed by atoms with Gasteiger partial charge in [-0.2, -0.15) is 0 Å². The van der Waals surface area contributed by atoms with Crippen molar-refractivity contribution in [3.05, 3.63) is 46.4 Å². The van der Waals surface area contributed by atoms with Gasteiger partial charge in [0.05, 0.1) is 10.5 Å². The maximum atomic E-state index is 13.6. The third-order valence-corrected chi connectivity index (χ3v) is 4.48. The summed E-state index contributed by atoms with van der Waals surface area (Å²) in [6, 6.07) is 2.52. The Morgan fingerprint density at radius 3 is 2.67 bits per heavy atom. The second-order valence-electron chi connectivity index (χ2n) is 4.82. The summed E-state index contributed by atoms with van der Waals surface area (Å²) in [6.45, 7) is 0.118. The third kappa shape index (κ3) is 4.24. The fourth-order valence-corrected chi connectivity index (χ4v) is 3.25. The van der Waals surface area contributed by atoms with Gasteiger partial charge in [0.15, 0.2) is 5.78 Å². The largest absolute Gasteiger partial charge is 0.481 e. The third-order valence-electron chi connectivity index (χ3n) is 3.10. The molecule has 24 heavy (non-hydrogen) atoms. The summed E-state index contributed by atoms with van der Waals surface area (Å²) in [4.78, 5) is 36.0. The van der Waals surface area contributed by atoms with E-state index >= 15 is 0 Å². The number of hydrogen-bond acceptors (Lipinski definition) is 5. The van der Waals surface area contributed by atoms with Gasteiger partial charge in [-0.3, -0.25) is 19.3 Å². The normalized spacial score (nSPS) is 16.1. The van der Waals surface area contributed by atoms with Crippen molar-refractivity contribution in [3.63, 3.8) is 0 Å². The number of halogens is 2.